The molecule has 0 spiro atoms. The van der Waals surface area contributed by atoms with E-state index in [1.54, 1.807) is 60.7 Å². The molecule has 0 aliphatic carbocycles. The molecule has 0 fully saturated rings. The van der Waals surface area contributed by atoms with E-state index in [9.17, 15) is 15.4 Å². The van der Waals surface area contributed by atoms with Crippen LogP contribution in [-0.4, -0.2) is 17.2 Å². The summed E-state index contributed by atoms with van der Waals surface area (Å²) in [5.74, 6) is -0.871. The second-order valence-electron chi connectivity index (χ2n) is 6.18. The van der Waals surface area contributed by atoms with Gasteiger partial charge in [0.15, 0.2) is 6.10 Å². The number of nitrogens with zero attached hydrogens (tertiary/aromatic N) is 3. The first-order chi connectivity index (χ1) is 13.7. The van der Waals surface area contributed by atoms with Crippen LogP contribution in [0.15, 0.2) is 96.1 Å². The molecular weight excluding hydrogens is 354 g/mol. The molecule has 1 N–H and O–H groups in total. The Labute approximate surface area is 162 Å². The molecule has 0 saturated heterocycles. The fraction of sp³-hybridized carbons (Fsp3) is 0.136. The third-order valence-electron chi connectivity index (χ3n) is 4.47. The van der Waals surface area contributed by atoms with Crippen LogP contribution in [0.25, 0.3) is 10.4 Å². The number of hydrogen-bond acceptors (Lipinski definition) is 4. The Kier molecular flexibility index (Phi) is 6.07. The molecule has 0 radical (unpaired) electrons. The summed E-state index contributed by atoms with van der Waals surface area (Å²) >= 11 is 0. The molecule has 0 amide bonds. The van der Waals surface area contributed by atoms with Crippen molar-refractivity contribution in [3.05, 3.63) is 118 Å². The average Bonchev–Trinajstić information content (AvgIpc) is 2.77. The summed E-state index contributed by atoms with van der Waals surface area (Å²) < 4.78 is 5.31. The zero-order chi connectivity index (χ0) is 19.8. The third-order valence-corrected chi connectivity index (χ3v) is 4.47. The molecule has 0 saturated carbocycles. The lowest BCUT2D eigenvalue weighted by Gasteiger charge is -2.33. The molecule has 3 rings (SSSR count). The Morgan fingerprint density at radius 2 is 1.39 bits per heavy atom. The van der Waals surface area contributed by atoms with E-state index >= 15 is 0 Å². The first-order valence-electron chi connectivity index (χ1n) is 8.74. The quantitative estimate of drug-likeness (QED) is 0.289. The van der Waals surface area contributed by atoms with Crippen molar-refractivity contribution in [3.63, 3.8) is 0 Å². The average molecular weight is 373 g/mol. The molecule has 140 valence electrons. The number of hydrogen-bond donors (Lipinski definition) is 1. The molecule has 3 aromatic rings. The number of benzene rings is 3. The van der Waals surface area contributed by atoms with Crippen molar-refractivity contribution in [2.45, 2.75) is 18.2 Å². The first-order valence-corrected chi connectivity index (χ1v) is 8.74. The predicted octanol–water partition coefficient (Wildman–Crippen LogP) is 4.34. The molecule has 1 atom stereocenters. The largest absolute Gasteiger partial charge is 0.459 e. The fourth-order valence-electron chi connectivity index (χ4n) is 3.09. The van der Waals surface area contributed by atoms with E-state index in [0.717, 1.165) is 5.56 Å². The Hall–Kier alpha value is -3.60. The van der Waals surface area contributed by atoms with E-state index in [1.165, 1.54) is 0 Å². The van der Waals surface area contributed by atoms with Gasteiger partial charge in [-0.3, -0.25) is 0 Å². The van der Waals surface area contributed by atoms with Crippen LogP contribution in [0.2, 0.25) is 0 Å². The molecule has 0 aromatic heterocycles. The van der Waals surface area contributed by atoms with E-state index in [2.05, 4.69) is 10.0 Å². The number of aliphatic hydroxyl groups is 1. The van der Waals surface area contributed by atoms with E-state index in [0.29, 0.717) is 11.1 Å². The van der Waals surface area contributed by atoms with Gasteiger partial charge in [-0.2, -0.15) is 0 Å². The molecular formula is C22H19N3O3. The van der Waals surface area contributed by atoms with Gasteiger partial charge in [0.1, 0.15) is 12.1 Å². The number of carbonyl (C=O) groups excluding carboxylic acids is 1. The summed E-state index contributed by atoms with van der Waals surface area (Å²) in [7, 11) is 0. The lowest BCUT2D eigenvalue weighted by molar-refractivity contribution is -0.158. The lowest BCUT2D eigenvalue weighted by Crippen LogP contribution is -2.44. The van der Waals surface area contributed by atoms with Crippen LogP contribution in [0.4, 0.5) is 0 Å². The molecule has 6 nitrogen and oxygen atoms in total. The van der Waals surface area contributed by atoms with E-state index in [4.69, 9.17) is 4.74 Å². The van der Waals surface area contributed by atoms with Crippen molar-refractivity contribution >= 4 is 5.97 Å². The highest BCUT2D eigenvalue weighted by molar-refractivity contribution is 5.78. The van der Waals surface area contributed by atoms with Crippen LogP contribution >= 0.6 is 0 Å². The van der Waals surface area contributed by atoms with Gasteiger partial charge in [0, 0.05) is 4.91 Å². The van der Waals surface area contributed by atoms with E-state index < -0.39 is 17.6 Å². The van der Waals surface area contributed by atoms with Crippen LogP contribution in [-0.2, 0) is 21.7 Å². The Bertz CT molecular complexity index is 917. The summed E-state index contributed by atoms with van der Waals surface area (Å²) in [6, 6.07) is 26.6. The van der Waals surface area contributed by atoms with Gasteiger partial charge in [0.25, 0.3) is 0 Å². The molecule has 1 unspecified atom stereocenters. The maximum atomic E-state index is 12.7. The molecule has 0 aliphatic heterocycles. The van der Waals surface area contributed by atoms with Crippen molar-refractivity contribution in [1.82, 2.24) is 0 Å². The molecule has 3 aromatic carbocycles. The van der Waals surface area contributed by atoms with Gasteiger partial charge in [0.05, 0.1) is 0 Å². The van der Waals surface area contributed by atoms with Crippen molar-refractivity contribution in [1.29, 1.82) is 0 Å². The summed E-state index contributed by atoms with van der Waals surface area (Å²) in [4.78, 5) is 15.7. The summed E-state index contributed by atoms with van der Waals surface area (Å²) in [5, 5.41) is 14.9. The summed E-state index contributed by atoms with van der Waals surface area (Å²) in [5.41, 5.74) is 9.38. The van der Waals surface area contributed by atoms with Gasteiger partial charge in [-0.1, -0.05) is 96.1 Å². The van der Waals surface area contributed by atoms with E-state index in [-0.39, 0.29) is 6.61 Å². The standard InChI is InChI=1S/C22H19N3O3/c23-25-24-22(18-12-6-2-7-13-18,19-14-8-3-9-15-19)20(26)21(27)28-16-17-10-4-1-5-11-17/h1-15,20,26H,16H2. The molecule has 0 heterocycles. The number of esters is 1. The number of rotatable bonds is 7. The number of ether oxygens (including phenoxy) is 1. The SMILES string of the molecule is [N-]=[N+]=NC(c1ccccc1)(c1ccccc1)C(O)C(=O)OCc1ccccc1. The first kappa shape index (κ1) is 19.2. The monoisotopic (exact) mass is 373 g/mol. The van der Waals surface area contributed by atoms with Crippen LogP contribution in [0, 0.1) is 0 Å². The third kappa shape index (κ3) is 3.88. The molecule has 0 bridgehead atoms. The van der Waals surface area contributed by atoms with Gasteiger partial charge < -0.3 is 9.84 Å². The highest BCUT2D eigenvalue weighted by Crippen LogP contribution is 2.38. The summed E-state index contributed by atoms with van der Waals surface area (Å²) in [6.45, 7) is 0.00661. The van der Waals surface area contributed by atoms with E-state index in [1.807, 2.05) is 30.3 Å². The summed E-state index contributed by atoms with van der Waals surface area (Å²) in [6.07, 6.45) is -1.73. The highest BCUT2D eigenvalue weighted by atomic mass is 16.5. The van der Waals surface area contributed by atoms with Crippen molar-refractivity contribution in [2.24, 2.45) is 5.11 Å². The van der Waals surface area contributed by atoms with Crippen molar-refractivity contribution in [3.8, 4) is 0 Å². The van der Waals surface area contributed by atoms with Crippen LogP contribution in [0.3, 0.4) is 0 Å². The predicted molar refractivity (Wildman–Crippen MR) is 105 cm³/mol. The van der Waals surface area contributed by atoms with Gasteiger partial charge in [-0.15, -0.1) is 0 Å². The maximum absolute atomic E-state index is 12.7. The second kappa shape index (κ2) is 8.86. The van der Waals surface area contributed by atoms with Crippen molar-refractivity contribution < 1.29 is 14.6 Å². The minimum atomic E-state index is -1.73. The zero-order valence-corrected chi connectivity index (χ0v) is 15.1. The van der Waals surface area contributed by atoms with Crippen LogP contribution in [0.5, 0.6) is 0 Å². The highest BCUT2D eigenvalue weighted by Gasteiger charge is 2.45. The zero-order valence-electron chi connectivity index (χ0n) is 15.1. The number of aliphatic hydroxyl groups excluding tert-OH is 1. The van der Waals surface area contributed by atoms with Crippen molar-refractivity contribution in [2.75, 3.05) is 0 Å². The van der Waals surface area contributed by atoms with Gasteiger partial charge in [0.2, 0.25) is 0 Å². The maximum Gasteiger partial charge on any atom is 0.336 e. The minimum absolute atomic E-state index is 0.00661. The smallest absolute Gasteiger partial charge is 0.336 e. The number of carbonyl (C=O) groups is 1. The van der Waals surface area contributed by atoms with Gasteiger partial charge in [-0.25, -0.2) is 4.79 Å². The van der Waals surface area contributed by atoms with Gasteiger partial charge in [-0.05, 0) is 22.2 Å². The minimum Gasteiger partial charge on any atom is -0.459 e. The molecule has 28 heavy (non-hydrogen) atoms. The van der Waals surface area contributed by atoms with Crippen LogP contribution in [0.1, 0.15) is 16.7 Å². The number of azide groups is 1. The van der Waals surface area contributed by atoms with Gasteiger partial charge >= 0.3 is 5.97 Å². The Morgan fingerprint density at radius 3 is 1.86 bits per heavy atom. The normalized spacial score (nSPS) is 11.9. The Balaban J connectivity index is 2.00. The fourth-order valence-corrected chi connectivity index (χ4v) is 3.09. The topological polar surface area (TPSA) is 95.3 Å². The van der Waals surface area contributed by atoms with Crippen LogP contribution < -0.4 is 0 Å². The molecule has 0 aliphatic rings. The Morgan fingerprint density at radius 1 is 0.929 bits per heavy atom. The second-order valence-corrected chi connectivity index (χ2v) is 6.18. The molecule has 6 heteroatoms. The lowest BCUT2D eigenvalue weighted by atomic mass is 9.79.